The van der Waals surface area contributed by atoms with Crippen molar-refractivity contribution in [3.8, 4) is 0 Å². The van der Waals surface area contributed by atoms with Crippen LogP contribution in [0.1, 0.15) is 11.8 Å². The first-order chi connectivity index (χ1) is 10.3. The van der Waals surface area contributed by atoms with Crippen molar-refractivity contribution in [2.75, 3.05) is 45.9 Å². The monoisotopic (exact) mass is 374 g/mol. The van der Waals surface area contributed by atoms with Gasteiger partial charge in [0.05, 0.1) is 23.5 Å². The van der Waals surface area contributed by atoms with Crippen molar-refractivity contribution in [3.63, 3.8) is 0 Å². The third-order valence-electron chi connectivity index (χ3n) is 3.19. The fourth-order valence-corrected chi connectivity index (χ4v) is 3.50. The van der Waals surface area contributed by atoms with E-state index in [-0.39, 0.29) is 0 Å². The molecule has 1 aromatic heterocycles. The second-order valence-corrected chi connectivity index (χ2v) is 7.33. The third kappa shape index (κ3) is 6.34. The van der Waals surface area contributed by atoms with Crippen molar-refractivity contribution < 1.29 is 4.74 Å². The fourth-order valence-electron chi connectivity index (χ4n) is 2.09. The predicted octanol–water partition coefficient (Wildman–Crippen LogP) is 1.90. The lowest BCUT2D eigenvalue weighted by Gasteiger charge is -2.26. The molecule has 0 unspecified atom stereocenters. The first-order valence-electron chi connectivity index (χ1n) is 7.34. The maximum atomic E-state index is 5.35. The summed E-state index contributed by atoms with van der Waals surface area (Å²) in [5, 5.41) is 6.68. The summed E-state index contributed by atoms with van der Waals surface area (Å²) in [5.74, 6) is 0.885. The molecule has 1 aliphatic rings. The Kier molecular flexibility index (Phi) is 7.49. The zero-order valence-corrected chi connectivity index (χ0v) is 14.8. The average molecular weight is 375 g/mol. The Morgan fingerprint density at radius 1 is 1.38 bits per heavy atom. The van der Waals surface area contributed by atoms with Gasteiger partial charge in [-0.15, -0.1) is 11.3 Å². The molecule has 2 heterocycles. The zero-order valence-electron chi connectivity index (χ0n) is 12.4. The van der Waals surface area contributed by atoms with Gasteiger partial charge < -0.3 is 15.4 Å². The molecule has 0 radical (unpaired) electrons. The third-order valence-corrected chi connectivity index (χ3v) is 4.80. The van der Waals surface area contributed by atoms with Crippen LogP contribution in [0.4, 0.5) is 0 Å². The molecule has 7 heteroatoms. The molecular weight excluding hydrogens is 352 g/mol. The number of hydrogen-bond donors (Lipinski definition) is 2. The van der Waals surface area contributed by atoms with Gasteiger partial charge in [0, 0.05) is 37.6 Å². The number of morpholine rings is 1. The highest BCUT2D eigenvalue weighted by molar-refractivity contribution is 9.11. The van der Waals surface area contributed by atoms with Crippen LogP contribution < -0.4 is 10.6 Å². The minimum absolute atomic E-state index is 0.711. The number of thiophene rings is 1. The van der Waals surface area contributed by atoms with E-state index in [0.29, 0.717) is 6.54 Å². The van der Waals surface area contributed by atoms with E-state index in [1.54, 1.807) is 11.3 Å². The lowest BCUT2D eigenvalue weighted by atomic mass is 10.4. The Morgan fingerprint density at radius 3 is 2.86 bits per heavy atom. The summed E-state index contributed by atoms with van der Waals surface area (Å²) >= 11 is 5.21. The number of ether oxygens (including phenoxy) is 1. The van der Waals surface area contributed by atoms with Gasteiger partial charge in [-0.25, -0.2) is 4.99 Å². The molecule has 0 spiro atoms. The minimum atomic E-state index is 0.711. The topological polar surface area (TPSA) is 48.9 Å². The molecule has 0 amide bonds. The van der Waals surface area contributed by atoms with Crippen LogP contribution >= 0.6 is 27.3 Å². The van der Waals surface area contributed by atoms with Gasteiger partial charge in [-0.3, -0.25) is 4.90 Å². The number of halogens is 1. The maximum Gasteiger partial charge on any atom is 0.191 e. The van der Waals surface area contributed by atoms with E-state index in [1.165, 1.54) is 4.88 Å². The number of nitrogens with zero attached hydrogens (tertiary/aromatic N) is 2. The average Bonchev–Trinajstić information content (AvgIpc) is 2.91. The molecule has 1 aromatic rings. The van der Waals surface area contributed by atoms with E-state index in [9.17, 15) is 0 Å². The molecule has 2 rings (SSSR count). The van der Waals surface area contributed by atoms with Crippen LogP contribution in [0, 0.1) is 0 Å². The molecule has 0 aromatic carbocycles. The molecule has 2 N–H and O–H groups in total. The van der Waals surface area contributed by atoms with Crippen molar-refractivity contribution >= 4 is 33.2 Å². The van der Waals surface area contributed by atoms with Gasteiger partial charge in [0.15, 0.2) is 5.96 Å². The summed E-state index contributed by atoms with van der Waals surface area (Å²) in [6.45, 7) is 9.35. The SMILES string of the molecule is CCNC(=NCc1ccc(Br)s1)NCCN1CCOCC1. The van der Waals surface area contributed by atoms with Gasteiger partial charge in [0.25, 0.3) is 0 Å². The molecule has 0 aliphatic carbocycles. The summed E-state index contributed by atoms with van der Waals surface area (Å²) in [4.78, 5) is 8.29. The highest BCUT2D eigenvalue weighted by atomic mass is 79.9. The molecular formula is C14H23BrN4OS. The van der Waals surface area contributed by atoms with E-state index in [1.807, 2.05) is 0 Å². The van der Waals surface area contributed by atoms with Crippen LogP contribution in [0.2, 0.25) is 0 Å². The van der Waals surface area contributed by atoms with Gasteiger partial charge in [-0.2, -0.15) is 0 Å². The molecule has 5 nitrogen and oxygen atoms in total. The Labute approximate surface area is 138 Å². The summed E-state index contributed by atoms with van der Waals surface area (Å²) in [6.07, 6.45) is 0. The predicted molar refractivity (Wildman–Crippen MR) is 92.1 cm³/mol. The molecule has 0 atom stereocenters. The van der Waals surface area contributed by atoms with Crippen LogP contribution in [-0.2, 0) is 11.3 Å². The quantitative estimate of drug-likeness (QED) is 0.589. The summed E-state index contributed by atoms with van der Waals surface area (Å²) in [5.41, 5.74) is 0. The normalized spacial score (nSPS) is 17.0. The largest absolute Gasteiger partial charge is 0.379 e. The maximum absolute atomic E-state index is 5.35. The van der Waals surface area contributed by atoms with Gasteiger partial charge in [0.2, 0.25) is 0 Å². The van der Waals surface area contributed by atoms with Crippen molar-refractivity contribution in [2.45, 2.75) is 13.5 Å². The number of guanidine groups is 1. The molecule has 118 valence electrons. The highest BCUT2D eigenvalue weighted by Crippen LogP contribution is 2.22. The van der Waals surface area contributed by atoms with Gasteiger partial charge >= 0.3 is 0 Å². The Hall–Kier alpha value is -0.630. The summed E-state index contributed by atoms with van der Waals surface area (Å²) < 4.78 is 6.51. The van der Waals surface area contributed by atoms with Gasteiger partial charge in [-0.05, 0) is 35.0 Å². The van der Waals surface area contributed by atoms with E-state index in [0.717, 1.165) is 55.7 Å². The van der Waals surface area contributed by atoms with Crippen molar-refractivity contribution in [3.05, 3.63) is 20.8 Å². The van der Waals surface area contributed by atoms with Crippen LogP contribution in [0.5, 0.6) is 0 Å². The first-order valence-corrected chi connectivity index (χ1v) is 8.95. The van der Waals surface area contributed by atoms with E-state index >= 15 is 0 Å². The number of rotatable bonds is 6. The lowest BCUT2D eigenvalue weighted by Crippen LogP contribution is -2.44. The van der Waals surface area contributed by atoms with Crippen LogP contribution in [0.15, 0.2) is 20.9 Å². The zero-order chi connectivity index (χ0) is 14.9. The Morgan fingerprint density at radius 2 is 2.19 bits per heavy atom. The Balaban J connectivity index is 1.74. The van der Waals surface area contributed by atoms with E-state index < -0.39 is 0 Å². The Bertz CT molecular complexity index is 446. The van der Waals surface area contributed by atoms with Crippen LogP contribution in [0.25, 0.3) is 0 Å². The summed E-state index contributed by atoms with van der Waals surface area (Å²) in [6, 6.07) is 4.17. The second-order valence-electron chi connectivity index (χ2n) is 4.78. The van der Waals surface area contributed by atoms with E-state index in [2.05, 4.69) is 55.5 Å². The number of nitrogens with one attached hydrogen (secondary N) is 2. The standard InChI is InChI=1S/C14H23BrN4OS/c1-2-16-14(18-11-12-3-4-13(15)21-12)17-5-6-19-7-9-20-10-8-19/h3-4H,2,5-11H2,1H3,(H2,16,17,18). The van der Waals surface area contributed by atoms with Crippen molar-refractivity contribution in [1.29, 1.82) is 0 Å². The van der Waals surface area contributed by atoms with Crippen LogP contribution in [0.3, 0.4) is 0 Å². The fraction of sp³-hybridized carbons (Fsp3) is 0.643. The molecule has 0 saturated carbocycles. The van der Waals surface area contributed by atoms with Gasteiger partial charge in [-0.1, -0.05) is 0 Å². The summed E-state index contributed by atoms with van der Waals surface area (Å²) in [7, 11) is 0. The van der Waals surface area contributed by atoms with Crippen molar-refractivity contribution in [2.24, 2.45) is 4.99 Å². The molecule has 0 bridgehead atoms. The number of hydrogen-bond acceptors (Lipinski definition) is 4. The molecule has 1 fully saturated rings. The molecule has 21 heavy (non-hydrogen) atoms. The first kappa shape index (κ1) is 16.7. The minimum Gasteiger partial charge on any atom is -0.379 e. The lowest BCUT2D eigenvalue weighted by molar-refractivity contribution is 0.0389. The second kappa shape index (κ2) is 9.40. The molecule has 1 aliphatic heterocycles. The molecule has 1 saturated heterocycles. The highest BCUT2D eigenvalue weighted by Gasteiger charge is 2.09. The van der Waals surface area contributed by atoms with Crippen LogP contribution in [-0.4, -0.2) is 56.8 Å². The van der Waals surface area contributed by atoms with Crippen molar-refractivity contribution in [1.82, 2.24) is 15.5 Å². The number of aliphatic imine (C=N–C) groups is 1. The van der Waals surface area contributed by atoms with Gasteiger partial charge in [0.1, 0.15) is 0 Å². The smallest absolute Gasteiger partial charge is 0.191 e. The van der Waals surface area contributed by atoms with E-state index in [4.69, 9.17) is 4.74 Å².